The normalized spacial score (nSPS) is 11.8. The van der Waals surface area contributed by atoms with E-state index in [0.29, 0.717) is 17.9 Å². The van der Waals surface area contributed by atoms with Crippen LogP contribution in [0.1, 0.15) is 34.7 Å². The molecule has 0 saturated carbocycles. The van der Waals surface area contributed by atoms with Gasteiger partial charge in [0.15, 0.2) is 0 Å². The molecule has 0 aromatic heterocycles. The van der Waals surface area contributed by atoms with Crippen LogP contribution in [0.3, 0.4) is 0 Å². The predicted molar refractivity (Wildman–Crippen MR) is 107 cm³/mol. The first-order valence-corrected chi connectivity index (χ1v) is 9.15. The quantitative estimate of drug-likeness (QED) is 0.616. The number of nitrogens with one attached hydrogen (secondary N) is 1. The minimum atomic E-state index is -0.144. The van der Waals surface area contributed by atoms with Crippen molar-refractivity contribution in [2.24, 2.45) is 0 Å². The Bertz CT molecular complexity index is 842. The highest BCUT2D eigenvalue weighted by Crippen LogP contribution is 2.22. The summed E-state index contributed by atoms with van der Waals surface area (Å²) < 4.78 is 0. The third-order valence-corrected chi connectivity index (χ3v) is 4.65. The molecule has 1 atom stereocenters. The lowest BCUT2D eigenvalue weighted by atomic mass is 9.97. The fourth-order valence-electron chi connectivity index (χ4n) is 2.91. The smallest absolute Gasteiger partial charge is 0.221 e. The molecule has 0 saturated heterocycles. The molecule has 26 heavy (non-hydrogen) atoms. The van der Waals surface area contributed by atoms with Gasteiger partial charge in [0.05, 0.1) is 6.04 Å². The SMILES string of the molecule is Cc1ccc([C@H](NC(=O)CCc2ccc(Cl)cc2)c2ccccc2)cc1. The molecular formula is C23H22ClNO. The van der Waals surface area contributed by atoms with E-state index in [9.17, 15) is 4.79 Å². The van der Waals surface area contributed by atoms with E-state index < -0.39 is 0 Å². The molecule has 2 nitrogen and oxygen atoms in total. The predicted octanol–water partition coefficient (Wildman–Crippen LogP) is 5.49. The summed E-state index contributed by atoms with van der Waals surface area (Å²) in [5.41, 5.74) is 4.48. The summed E-state index contributed by atoms with van der Waals surface area (Å²) in [7, 11) is 0. The van der Waals surface area contributed by atoms with Crippen molar-refractivity contribution >= 4 is 17.5 Å². The summed E-state index contributed by atoms with van der Waals surface area (Å²) >= 11 is 5.91. The monoisotopic (exact) mass is 363 g/mol. The second-order valence-corrected chi connectivity index (χ2v) is 6.88. The highest BCUT2D eigenvalue weighted by Gasteiger charge is 2.16. The first-order valence-electron chi connectivity index (χ1n) is 8.77. The minimum Gasteiger partial charge on any atom is -0.345 e. The minimum absolute atomic E-state index is 0.0365. The van der Waals surface area contributed by atoms with E-state index in [1.807, 2.05) is 54.6 Å². The summed E-state index contributed by atoms with van der Waals surface area (Å²) in [4.78, 5) is 12.6. The van der Waals surface area contributed by atoms with E-state index in [-0.39, 0.29) is 11.9 Å². The maximum absolute atomic E-state index is 12.6. The molecule has 132 valence electrons. The molecule has 0 aliphatic rings. The lowest BCUT2D eigenvalue weighted by Gasteiger charge is -2.20. The van der Waals surface area contributed by atoms with Gasteiger partial charge in [0, 0.05) is 11.4 Å². The van der Waals surface area contributed by atoms with Crippen molar-refractivity contribution in [2.75, 3.05) is 0 Å². The molecule has 1 amide bonds. The van der Waals surface area contributed by atoms with Crippen LogP contribution in [0.5, 0.6) is 0 Å². The van der Waals surface area contributed by atoms with E-state index in [1.165, 1.54) is 5.56 Å². The average molecular weight is 364 g/mol. The van der Waals surface area contributed by atoms with E-state index in [0.717, 1.165) is 16.7 Å². The molecule has 0 bridgehead atoms. The molecule has 1 N–H and O–H groups in total. The molecule has 0 radical (unpaired) electrons. The van der Waals surface area contributed by atoms with E-state index in [4.69, 9.17) is 11.6 Å². The van der Waals surface area contributed by atoms with Crippen LogP contribution in [0.15, 0.2) is 78.9 Å². The van der Waals surface area contributed by atoms with Crippen LogP contribution in [-0.4, -0.2) is 5.91 Å². The van der Waals surface area contributed by atoms with Crippen LogP contribution >= 0.6 is 11.6 Å². The second-order valence-electron chi connectivity index (χ2n) is 6.45. The van der Waals surface area contributed by atoms with Crippen molar-refractivity contribution < 1.29 is 4.79 Å². The Morgan fingerprint density at radius 3 is 2.15 bits per heavy atom. The van der Waals surface area contributed by atoms with Crippen LogP contribution < -0.4 is 5.32 Å². The van der Waals surface area contributed by atoms with Crippen molar-refractivity contribution in [1.82, 2.24) is 5.32 Å². The molecule has 0 fully saturated rings. The number of aryl methyl sites for hydroxylation is 2. The molecule has 0 spiro atoms. The first kappa shape index (κ1) is 18.2. The zero-order valence-electron chi connectivity index (χ0n) is 14.8. The topological polar surface area (TPSA) is 29.1 Å². The van der Waals surface area contributed by atoms with Crippen LogP contribution in [0.2, 0.25) is 5.02 Å². The molecule has 3 rings (SSSR count). The number of hydrogen-bond acceptors (Lipinski definition) is 1. The molecular weight excluding hydrogens is 342 g/mol. The van der Waals surface area contributed by atoms with E-state index >= 15 is 0 Å². The van der Waals surface area contributed by atoms with Gasteiger partial charge < -0.3 is 5.32 Å². The molecule has 3 aromatic rings. The van der Waals surface area contributed by atoms with Gasteiger partial charge in [0.1, 0.15) is 0 Å². The Hall–Kier alpha value is -2.58. The maximum Gasteiger partial charge on any atom is 0.221 e. The average Bonchev–Trinajstić information content (AvgIpc) is 2.67. The lowest BCUT2D eigenvalue weighted by molar-refractivity contribution is -0.121. The largest absolute Gasteiger partial charge is 0.345 e. The Labute approximate surface area is 159 Å². The van der Waals surface area contributed by atoms with Crippen LogP contribution in [-0.2, 0) is 11.2 Å². The van der Waals surface area contributed by atoms with Crippen LogP contribution in [0.25, 0.3) is 0 Å². The van der Waals surface area contributed by atoms with E-state index in [1.54, 1.807) is 0 Å². The fourth-order valence-corrected chi connectivity index (χ4v) is 3.03. The van der Waals surface area contributed by atoms with Gasteiger partial charge in [0.2, 0.25) is 5.91 Å². The Morgan fingerprint density at radius 1 is 0.885 bits per heavy atom. The molecule has 0 aliphatic carbocycles. The molecule has 0 heterocycles. The number of carbonyl (C=O) groups excluding carboxylic acids is 1. The Kier molecular flexibility index (Phi) is 6.08. The highest BCUT2D eigenvalue weighted by molar-refractivity contribution is 6.30. The first-order chi connectivity index (χ1) is 12.6. The Morgan fingerprint density at radius 2 is 1.50 bits per heavy atom. The summed E-state index contributed by atoms with van der Waals surface area (Å²) in [6.07, 6.45) is 1.13. The third kappa shape index (κ3) is 4.96. The standard InChI is InChI=1S/C23H22ClNO/c1-17-7-12-20(13-8-17)23(19-5-3-2-4-6-19)25-22(26)16-11-18-9-14-21(24)15-10-18/h2-10,12-15,23H,11,16H2,1H3,(H,25,26)/t23-/m1/s1. The van der Waals surface area contributed by atoms with Gasteiger partial charge in [-0.3, -0.25) is 4.79 Å². The molecule has 3 aromatic carbocycles. The van der Waals surface area contributed by atoms with Gasteiger partial charge in [-0.2, -0.15) is 0 Å². The highest BCUT2D eigenvalue weighted by atomic mass is 35.5. The number of benzene rings is 3. The fraction of sp³-hybridized carbons (Fsp3) is 0.174. The van der Waals surface area contributed by atoms with Gasteiger partial charge in [-0.05, 0) is 42.2 Å². The summed E-state index contributed by atoms with van der Waals surface area (Å²) in [5.74, 6) is 0.0365. The third-order valence-electron chi connectivity index (χ3n) is 4.40. The molecule has 3 heteroatoms. The number of rotatable bonds is 6. The lowest BCUT2D eigenvalue weighted by Crippen LogP contribution is -2.29. The number of halogens is 1. The molecule has 0 aliphatic heterocycles. The van der Waals surface area contributed by atoms with Gasteiger partial charge in [-0.25, -0.2) is 0 Å². The van der Waals surface area contributed by atoms with Gasteiger partial charge >= 0.3 is 0 Å². The van der Waals surface area contributed by atoms with Crippen molar-refractivity contribution in [3.63, 3.8) is 0 Å². The van der Waals surface area contributed by atoms with Crippen LogP contribution in [0, 0.1) is 6.92 Å². The number of amides is 1. The van der Waals surface area contributed by atoms with Crippen LogP contribution in [0.4, 0.5) is 0 Å². The number of hydrogen-bond donors (Lipinski definition) is 1. The molecule has 0 unspecified atom stereocenters. The van der Waals surface area contributed by atoms with Gasteiger partial charge in [-0.15, -0.1) is 0 Å². The van der Waals surface area contributed by atoms with Gasteiger partial charge in [0.25, 0.3) is 0 Å². The zero-order chi connectivity index (χ0) is 18.4. The Balaban J connectivity index is 1.71. The van der Waals surface area contributed by atoms with Crippen molar-refractivity contribution in [2.45, 2.75) is 25.8 Å². The van der Waals surface area contributed by atoms with Crippen molar-refractivity contribution in [3.8, 4) is 0 Å². The zero-order valence-corrected chi connectivity index (χ0v) is 15.5. The van der Waals surface area contributed by atoms with Crippen molar-refractivity contribution in [1.29, 1.82) is 0 Å². The summed E-state index contributed by atoms with van der Waals surface area (Å²) in [6.45, 7) is 2.06. The summed E-state index contributed by atoms with van der Waals surface area (Å²) in [5, 5.41) is 3.90. The second kappa shape index (κ2) is 8.68. The van der Waals surface area contributed by atoms with Crippen molar-refractivity contribution in [3.05, 3.63) is 106 Å². The van der Waals surface area contributed by atoms with Gasteiger partial charge in [-0.1, -0.05) is 83.9 Å². The number of carbonyl (C=O) groups is 1. The maximum atomic E-state index is 12.6. The summed E-state index contributed by atoms with van der Waals surface area (Å²) in [6, 6.07) is 25.9. The van der Waals surface area contributed by atoms with E-state index in [2.05, 4.69) is 36.5 Å².